The first-order valence-corrected chi connectivity index (χ1v) is 25.0. The molecule has 0 saturated carbocycles. The molecule has 0 saturated heterocycles. The predicted octanol–water partition coefficient (Wildman–Crippen LogP) is 20.0. The van der Waals surface area contributed by atoms with Gasteiger partial charge in [0.25, 0.3) is 0 Å². The maximum absolute atomic E-state index is 2.47. The zero-order chi connectivity index (χ0) is 48.5. The third-order valence-corrected chi connectivity index (χ3v) is 14.1. The van der Waals surface area contributed by atoms with Crippen LogP contribution in [0.2, 0.25) is 0 Å². The third-order valence-electron chi connectivity index (χ3n) is 14.1. The molecule has 0 heterocycles. The molecule has 0 spiro atoms. The molecule has 0 aliphatic heterocycles. The van der Waals surface area contributed by atoms with Gasteiger partial charge in [-0.25, -0.2) is 0 Å². The lowest BCUT2D eigenvalue weighted by molar-refractivity contribution is 1.28. The van der Waals surface area contributed by atoms with Crippen LogP contribution in [0, 0.1) is 0 Å². The highest BCUT2D eigenvalue weighted by Crippen LogP contribution is 2.51. The molecule has 13 aromatic rings. The van der Waals surface area contributed by atoms with Crippen molar-refractivity contribution in [1.29, 1.82) is 0 Å². The van der Waals surface area contributed by atoms with Gasteiger partial charge in [0.05, 0.1) is 5.69 Å². The van der Waals surface area contributed by atoms with Crippen LogP contribution in [0.1, 0.15) is 0 Å². The van der Waals surface area contributed by atoms with Crippen molar-refractivity contribution < 1.29 is 0 Å². The van der Waals surface area contributed by atoms with Crippen molar-refractivity contribution in [3.8, 4) is 22.3 Å². The topological polar surface area (TPSA) is 9.72 Å². The maximum Gasteiger partial charge on any atom is 0.0619 e. The summed E-state index contributed by atoms with van der Waals surface area (Å²) in [5, 5.41) is 9.37. The van der Waals surface area contributed by atoms with Crippen LogP contribution < -0.4 is 14.7 Å². The van der Waals surface area contributed by atoms with Crippen molar-refractivity contribution in [3.63, 3.8) is 0 Å². The van der Waals surface area contributed by atoms with Gasteiger partial charge in [0.15, 0.2) is 0 Å². The van der Waals surface area contributed by atoms with Gasteiger partial charge in [0, 0.05) is 56.3 Å². The molecule has 0 radical (unpaired) electrons. The van der Waals surface area contributed by atoms with E-state index < -0.39 is 0 Å². The van der Waals surface area contributed by atoms with Gasteiger partial charge >= 0.3 is 0 Å². The summed E-state index contributed by atoms with van der Waals surface area (Å²) < 4.78 is 0. The summed E-state index contributed by atoms with van der Waals surface area (Å²) in [6, 6.07) is 108. The Bertz CT molecular complexity index is 4070. The first-order chi connectivity index (χ1) is 36.2. The van der Waals surface area contributed by atoms with Gasteiger partial charge in [-0.1, -0.05) is 200 Å². The Morgan fingerprint density at radius 3 is 1.03 bits per heavy atom. The molecular formula is C70H49N3. The molecule has 0 N–H and O–H groups in total. The lowest BCUT2D eigenvalue weighted by Gasteiger charge is -2.32. The van der Waals surface area contributed by atoms with E-state index in [9.17, 15) is 0 Å². The Balaban J connectivity index is 1.13. The van der Waals surface area contributed by atoms with Crippen LogP contribution in [0.25, 0.3) is 65.3 Å². The van der Waals surface area contributed by atoms with Gasteiger partial charge in [0.2, 0.25) is 0 Å². The van der Waals surface area contributed by atoms with E-state index in [1.807, 2.05) is 0 Å². The molecule has 0 bridgehead atoms. The molecule has 13 aromatic carbocycles. The van der Waals surface area contributed by atoms with Crippen LogP contribution in [-0.4, -0.2) is 0 Å². The second-order valence-electron chi connectivity index (χ2n) is 18.5. The average molecular weight is 932 g/mol. The highest BCUT2D eigenvalue weighted by Gasteiger charge is 2.26. The second kappa shape index (κ2) is 18.9. The van der Waals surface area contributed by atoms with E-state index in [0.29, 0.717) is 0 Å². The third kappa shape index (κ3) is 8.19. The van der Waals surface area contributed by atoms with Crippen molar-refractivity contribution in [2.45, 2.75) is 0 Å². The zero-order valence-electron chi connectivity index (χ0n) is 40.1. The van der Waals surface area contributed by atoms with E-state index >= 15 is 0 Å². The van der Waals surface area contributed by atoms with Crippen molar-refractivity contribution in [2.24, 2.45) is 0 Å². The molecular weight excluding hydrogens is 883 g/mol. The quantitative estimate of drug-likeness (QED) is 0.120. The maximum atomic E-state index is 2.47. The number of nitrogens with zero attached hydrogens (tertiary/aromatic N) is 3. The van der Waals surface area contributed by atoms with Gasteiger partial charge in [-0.05, 0) is 152 Å². The Morgan fingerprint density at radius 2 is 0.521 bits per heavy atom. The largest absolute Gasteiger partial charge is 0.310 e. The Hall–Kier alpha value is -9.70. The second-order valence-corrected chi connectivity index (χ2v) is 18.5. The molecule has 0 aliphatic rings. The summed E-state index contributed by atoms with van der Waals surface area (Å²) in [5.74, 6) is 0. The average Bonchev–Trinajstić information content (AvgIpc) is 3.47. The lowest BCUT2D eigenvalue weighted by Crippen LogP contribution is -2.13. The fraction of sp³-hybridized carbons (Fsp3) is 0. The summed E-state index contributed by atoms with van der Waals surface area (Å²) in [6.07, 6.45) is 0. The molecule has 73 heavy (non-hydrogen) atoms. The molecule has 344 valence electrons. The molecule has 0 aliphatic carbocycles. The minimum absolute atomic E-state index is 1.06. The van der Waals surface area contributed by atoms with Crippen LogP contribution in [0.5, 0.6) is 0 Å². The van der Waals surface area contributed by atoms with Gasteiger partial charge in [0.1, 0.15) is 0 Å². The fourth-order valence-corrected chi connectivity index (χ4v) is 10.7. The number of hydrogen-bond donors (Lipinski definition) is 0. The SMILES string of the molecule is c1ccc(-c2ccc(N(c3ccccc3)c3c4ccc(N(c5ccccc5)c5ccc6ccccc6c5)cc4c(-c4ccccc4)c4ccc(N(c5ccccc5)c5ccc6ccccc6c5)cc34)cc2)cc1. The highest BCUT2D eigenvalue weighted by atomic mass is 15.2. The molecule has 0 amide bonds. The molecule has 0 aromatic heterocycles. The summed E-state index contributed by atoms with van der Waals surface area (Å²) in [5.41, 5.74) is 14.4. The number of fused-ring (bicyclic) bond motifs is 4. The highest BCUT2D eigenvalue weighted by molar-refractivity contribution is 6.23. The van der Waals surface area contributed by atoms with Crippen molar-refractivity contribution in [1.82, 2.24) is 0 Å². The van der Waals surface area contributed by atoms with E-state index in [2.05, 4.69) is 312 Å². The van der Waals surface area contributed by atoms with E-state index in [4.69, 9.17) is 0 Å². The van der Waals surface area contributed by atoms with Crippen LogP contribution in [0.3, 0.4) is 0 Å². The Kier molecular flexibility index (Phi) is 11.2. The summed E-state index contributed by atoms with van der Waals surface area (Å²) >= 11 is 0. The monoisotopic (exact) mass is 931 g/mol. The molecule has 0 fully saturated rings. The van der Waals surface area contributed by atoms with E-state index in [1.54, 1.807) is 0 Å². The summed E-state index contributed by atoms with van der Waals surface area (Å²) in [6.45, 7) is 0. The number of hydrogen-bond acceptors (Lipinski definition) is 3. The minimum atomic E-state index is 1.06. The number of anilines is 9. The standard InChI is InChI=1S/C70H49N3/c1-6-20-50(21-7-1)53-34-38-60(39-35-53)73(59-32-14-5-15-33-59)70-66-45-43-63(71(57-28-10-3-11-29-57)61-40-36-51-22-16-18-26-55(51)46-61)48-67(66)69(54-24-8-2-9-25-54)65-44-42-64(49-68(65)70)72(58-30-12-4-13-31-58)62-41-37-52-23-17-19-27-56(52)47-62/h1-49H. The number of benzene rings is 13. The van der Waals surface area contributed by atoms with Crippen LogP contribution in [0.4, 0.5) is 51.2 Å². The molecule has 3 nitrogen and oxygen atoms in total. The Labute approximate surface area is 426 Å². The van der Waals surface area contributed by atoms with Crippen LogP contribution in [-0.2, 0) is 0 Å². The van der Waals surface area contributed by atoms with Crippen LogP contribution in [0.15, 0.2) is 297 Å². The number of rotatable bonds is 11. The van der Waals surface area contributed by atoms with Gasteiger partial charge in [-0.15, -0.1) is 0 Å². The first-order valence-electron chi connectivity index (χ1n) is 25.0. The van der Waals surface area contributed by atoms with Gasteiger partial charge < -0.3 is 14.7 Å². The zero-order valence-corrected chi connectivity index (χ0v) is 40.1. The first kappa shape index (κ1) is 43.3. The van der Waals surface area contributed by atoms with Gasteiger partial charge in [-0.2, -0.15) is 0 Å². The fourth-order valence-electron chi connectivity index (χ4n) is 10.7. The lowest BCUT2D eigenvalue weighted by atomic mass is 9.89. The van der Waals surface area contributed by atoms with E-state index in [-0.39, 0.29) is 0 Å². The minimum Gasteiger partial charge on any atom is -0.310 e. The summed E-state index contributed by atoms with van der Waals surface area (Å²) in [7, 11) is 0. The Morgan fingerprint density at radius 1 is 0.178 bits per heavy atom. The van der Waals surface area contributed by atoms with E-state index in [1.165, 1.54) is 38.2 Å². The molecule has 13 rings (SSSR count). The number of para-hydroxylation sites is 3. The normalized spacial score (nSPS) is 11.3. The predicted molar refractivity (Wildman–Crippen MR) is 311 cm³/mol. The molecule has 3 heteroatoms. The molecule has 0 unspecified atom stereocenters. The summed E-state index contributed by atoms with van der Waals surface area (Å²) in [4.78, 5) is 7.26. The van der Waals surface area contributed by atoms with Crippen molar-refractivity contribution >= 4 is 94.3 Å². The van der Waals surface area contributed by atoms with Crippen LogP contribution >= 0.6 is 0 Å². The van der Waals surface area contributed by atoms with Gasteiger partial charge in [-0.3, -0.25) is 0 Å². The van der Waals surface area contributed by atoms with E-state index in [0.717, 1.165) is 78.3 Å². The molecule has 0 atom stereocenters. The smallest absolute Gasteiger partial charge is 0.0619 e. The van der Waals surface area contributed by atoms with Crippen molar-refractivity contribution in [3.05, 3.63) is 297 Å². The van der Waals surface area contributed by atoms with Crippen molar-refractivity contribution in [2.75, 3.05) is 14.7 Å².